The van der Waals surface area contributed by atoms with Gasteiger partial charge < -0.3 is 21.3 Å². The summed E-state index contributed by atoms with van der Waals surface area (Å²) in [6.45, 7) is -2.70. The molecule has 0 aliphatic carbocycles. The standard InChI is InChI=1S/C20H13O2PS3/c24-23(20-12-11-19(26-20)18-10-5-13-25-18)21-16-8-3-1-6-14(16)15-7-2-4-9-17(15)22-23/h1-13H. The van der Waals surface area contributed by atoms with Gasteiger partial charge in [-0.25, -0.2) is 0 Å². The predicted molar refractivity (Wildman–Crippen MR) is 115 cm³/mol. The normalized spacial score (nSPS) is 14.5. The second kappa shape index (κ2) is 6.43. The number of fused-ring (bicyclic) bond motifs is 3. The van der Waals surface area contributed by atoms with Crippen LogP contribution in [0.1, 0.15) is 0 Å². The summed E-state index contributed by atoms with van der Waals surface area (Å²) in [4.78, 5) is 2.43. The maximum absolute atomic E-state index is 6.36. The van der Waals surface area contributed by atoms with E-state index in [2.05, 4.69) is 29.6 Å². The zero-order valence-electron chi connectivity index (χ0n) is 13.5. The molecule has 0 saturated carbocycles. The largest absolute Gasteiger partial charge is 0.466 e. The molecule has 0 saturated heterocycles. The van der Waals surface area contributed by atoms with Crippen molar-refractivity contribution in [2.24, 2.45) is 0 Å². The fraction of sp³-hybridized carbons (Fsp3) is 0. The first-order valence-electron chi connectivity index (χ1n) is 8.05. The van der Waals surface area contributed by atoms with E-state index in [-0.39, 0.29) is 0 Å². The van der Waals surface area contributed by atoms with Crippen molar-refractivity contribution in [3.05, 3.63) is 78.2 Å². The fourth-order valence-electron chi connectivity index (χ4n) is 2.93. The molecule has 1 aliphatic rings. The molecule has 26 heavy (non-hydrogen) atoms. The Morgan fingerprint density at radius 1 is 0.692 bits per heavy atom. The quantitative estimate of drug-likeness (QED) is 0.275. The molecule has 2 nitrogen and oxygen atoms in total. The van der Waals surface area contributed by atoms with Crippen LogP contribution in [0.3, 0.4) is 0 Å². The first-order valence-corrected chi connectivity index (χ1v) is 12.4. The van der Waals surface area contributed by atoms with Crippen LogP contribution in [0, 0.1) is 0 Å². The first kappa shape index (κ1) is 16.4. The average Bonchev–Trinajstić information content (AvgIpc) is 3.32. The lowest BCUT2D eigenvalue weighted by atomic mass is 10.0. The van der Waals surface area contributed by atoms with Gasteiger partial charge in [-0.3, -0.25) is 0 Å². The zero-order chi connectivity index (χ0) is 17.6. The minimum atomic E-state index is -2.70. The minimum absolute atomic E-state index is 0.784. The van der Waals surface area contributed by atoms with E-state index in [0.29, 0.717) is 0 Å². The molecule has 0 amide bonds. The summed E-state index contributed by atoms with van der Waals surface area (Å²) in [5.74, 6) is 1.57. The number of hydrogen-bond donors (Lipinski definition) is 0. The molecule has 128 valence electrons. The van der Waals surface area contributed by atoms with Crippen LogP contribution < -0.4 is 13.7 Å². The van der Waals surface area contributed by atoms with Gasteiger partial charge in [-0.2, -0.15) is 0 Å². The third-order valence-electron chi connectivity index (χ3n) is 4.13. The maximum atomic E-state index is 6.36. The van der Waals surface area contributed by atoms with Crippen molar-refractivity contribution in [2.75, 3.05) is 0 Å². The smallest absolute Gasteiger partial charge is 0.293 e. The Bertz CT molecular complexity index is 1020. The molecule has 3 heterocycles. The maximum Gasteiger partial charge on any atom is 0.293 e. The van der Waals surface area contributed by atoms with Crippen molar-refractivity contribution >= 4 is 46.5 Å². The number of thiophene rings is 2. The Balaban J connectivity index is 1.64. The highest BCUT2D eigenvalue weighted by Crippen LogP contribution is 2.63. The summed E-state index contributed by atoms with van der Waals surface area (Å²) in [5.41, 5.74) is 2.04. The van der Waals surface area contributed by atoms with E-state index in [4.69, 9.17) is 21.3 Å². The van der Waals surface area contributed by atoms with Gasteiger partial charge in [0, 0.05) is 20.9 Å². The highest BCUT2D eigenvalue weighted by Gasteiger charge is 2.40. The molecule has 0 N–H and O–H groups in total. The molecule has 5 rings (SSSR count). The molecule has 0 fully saturated rings. The molecule has 2 aromatic carbocycles. The second-order valence-corrected chi connectivity index (χ2v) is 11.4. The van der Waals surface area contributed by atoms with Crippen LogP contribution in [-0.2, 0) is 12.2 Å². The number of para-hydroxylation sites is 2. The van der Waals surface area contributed by atoms with E-state index < -0.39 is 6.92 Å². The van der Waals surface area contributed by atoms with E-state index in [1.54, 1.807) is 22.7 Å². The Hall–Kier alpha value is -1.78. The van der Waals surface area contributed by atoms with Crippen LogP contribution in [0.5, 0.6) is 11.5 Å². The summed E-state index contributed by atoms with van der Waals surface area (Å²) < 4.78 is 13.7. The predicted octanol–water partition coefficient (Wildman–Crippen LogP) is 6.55. The molecule has 0 spiro atoms. The number of benzene rings is 2. The highest BCUT2D eigenvalue weighted by molar-refractivity contribution is 8.42. The molecule has 6 heteroatoms. The molecule has 4 aromatic rings. The zero-order valence-corrected chi connectivity index (χ0v) is 16.8. The lowest BCUT2D eigenvalue weighted by molar-refractivity contribution is 0.506. The van der Waals surface area contributed by atoms with Crippen LogP contribution in [0.2, 0.25) is 0 Å². The summed E-state index contributed by atoms with van der Waals surface area (Å²) in [5, 5.41) is 2.08. The summed E-state index contributed by atoms with van der Waals surface area (Å²) in [6.07, 6.45) is 0. The minimum Gasteiger partial charge on any atom is -0.466 e. The number of rotatable bonds is 2. The topological polar surface area (TPSA) is 18.5 Å². The van der Waals surface area contributed by atoms with Crippen molar-refractivity contribution in [1.29, 1.82) is 0 Å². The SMILES string of the molecule is [S-][P+]1(c2ccc(-c3cccs3)s2)Oc2ccccc2-c2ccccc2O1. The molecule has 0 atom stereocenters. The molecular formula is C20H13O2PS3. The van der Waals surface area contributed by atoms with E-state index in [1.165, 1.54) is 9.75 Å². The Labute approximate surface area is 165 Å². The first-order chi connectivity index (χ1) is 12.7. The van der Waals surface area contributed by atoms with Gasteiger partial charge in [0.2, 0.25) is 4.62 Å². The summed E-state index contributed by atoms with van der Waals surface area (Å²) >= 11 is 9.37. The Kier molecular flexibility index (Phi) is 4.06. The van der Waals surface area contributed by atoms with Crippen LogP contribution in [-0.4, -0.2) is 0 Å². The molecule has 2 aromatic heterocycles. The Morgan fingerprint density at radius 3 is 1.96 bits per heavy atom. The van der Waals surface area contributed by atoms with Crippen molar-refractivity contribution in [3.63, 3.8) is 0 Å². The van der Waals surface area contributed by atoms with E-state index in [9.17, 15) is 0 Å². The molecule has 0 unspecified atom stereocenters. The van der Waals surface area contributed by atoms with Gasteiger partial charge in [0.15, 0.2) is 11.5 Å². The van der Waals surface area contributed by atoms with Crippen LogP contribution in [0.25, 0.3) is 20.9 Å². The van der Waals surface area contributed by atoms with E-state index in [1.807, 2.05) is 48.5 Å². The van der Waals surface area contributed by atoms with Crippen LogP contribution >= 0.6 is 29.6 Å². The van der Waals surface area contributed by atoms with Crippen molar-refractivity contribution in [3.8, 4) is 32.4 Å². The van der Waals surface area contributed by atoms with E-state index in [0.717, 1.165) is 27.2 Å². The Morgan fingerprint density at radius 2 is 1.35 bits per heavy atom. The van der Waals surface area contributed by atoms with Gasteiger partial charge in [0.1, 0.15) is 0 Å². The summed E-state index contributed by atoms with van der Waals surface area (Å²) in [6, 6.07) is 24.3. The van der Waals surface area contributed by atoms with Gasteiger partial charge >= 0.3 is 0 Å². The molecule has 0 bridgehead atoms. The monoisotopic (exact) mass is 412 g/mol. The van der Waals surface area contributed by atoms with Gasteiger partial charge in [0.25, 0.3) is 6.92 Å². The van der Waals surface area contributed by atoms with Gasteiger partial charge in [-0.15, -0.1) is 11.3 Å². The van der Waals surface area contributed by atoms with Crippen molar-refractivity contribution in [2.45, 2.75) is 0 Å². The fourth-order valence-corrected chi connectivity index (χ4v) is 7.79. The van der Waals surface area contributed by atoms with Gasteiger partial charge in [0.05, 0.1) is 0 Å². The summed E-state index contributed by atoms with van der Waals surface area (Å²) in [7, 11) is 0. The second-order valence-electron chi connectivity index (χ2n) is 5.79. The molecular weight excluding hydrogens is 399 g/mol. The van der Waals surface area contributed by atoms with Crippen molar-refractivity contribution in [1.82, 2.24) is 0 Å². The molecule has 0 radical (unpaired) electrons. The van der Waals surface area contributed by atoms with Crippen molar-refractivity contribution < 1.29 is 9.05 Å². The van der Waals surface area contributed by atoms with Crippen LogP contribution in [0.15, 0.2) is 78.2 Å². The number of hydrogen-bond acceptors (Lipinski definition) is 5. The van der Waals surface area contributed by atoms with Gasteiger partial charge in [-0.05, 0) is 35.7 Å². The van der Waals surface area contributed by atoms with Crippen LogP contribution in [0.4, 0.5) is 0 Å². The third kappa shape index (κ3) is 2.76. The third-order valence-corrected chi connectivity index (χ3v) is 10.0. The lowest BCUT2D eigenvalue weighted by Gasteiger charge is -2.26. The molecule has 1 aliphatic heterocycles. The lowest BCUT2D eigenvalue weighted by Crippen LogP contribution is -2.15. The van der Waals surface area contributed by atoms with Gasteiger partial charge in [-0.1, -0.05) is 53.8 Å². The average molecular weight is 412 g/mol. The van der Waals surface area contributed by atoms with E-state index >= 15 is 0 Å². The highest BCUT2D eigenvalue weighted by atomic mass is 32.7.